The van der Waals surface area contributed by atoms with Crippen molar-refractivity contribution < 1.29 is 24.0 Å². The number of fused-ring (bicyclic) bond motifs is 1. The molecule has 10 heteroatoms. The molecule has 1 saturated heterocycles. The predicted molar refractivity (Wildman–Crippen MR) is 123 cm³/mol. The average molecular weight is 466 g/mol. The lowest BCUT2D eigenvalue weighted by atomic mass is 9.84. The van der Waals surface area contributed by atoms with Crippen LogP contribution in [0.25, 0.3) is 0 Å². The first-order valence-electron chi connectivity index (χ1n) is 11.2. The van der Waals surface area contributed by atoms with E-state index in [1.807, 2.05) is 0 Å². The van der Waals surface area contributed by atoms with E-state index in [1.54, 1.807) is 29.2 Å². The summed E-state index contributed by atoms with van der Waals surface area (Å²) in [7, 11) is 1.54. The number of nitrogens with zero attached hydrogens (tertiary/aromatic N) is 2. The van der Waals surface area contributed by atoms with Crippen molar-refractivity contribution in [1.29, 1.82) is 0 Å². The zero-order chi connectivity index (χ0) is 24.2. The molecule has 1 aliphatic heterocycles. The lowest BCUT2D eigenvalue weighted by Gasteiger charge is -2.48. The van der Waals surface area contributed by atoms with Crippen LogP contribution < -0.4 is 15.4 Å². The SMILES string of the molecule is COc1ccc(C(=O)N2[C@H](CC(=O)Nc3cccc([N+](=O)[O-])c3)C(=O)N[C@@H]3CCCC[C@@H]32)cc1. The highest BCUT2D eigenvalue weighted by Gasteiger charge is 2.46. The quantitative estimate of drug-likeness (QED) is 0.497. The average Bonchev–Trinajstić information content (AvgIpc) is 2.84. The third-order valence-electron chi connectivity index (χ3n) is 6.34. The van der Waals surface area contributed by atoms with E-state index >= 15 is 0 Å². The maximum Gasteiger partial charge on any atom is 0.271 e. The normalized spacial score (nSPS) is 21.7. The molecule has 1 heterocycles. The van der Waals surface area contributed by atoms with Crippen LogP contribution in [0.5, 0.6) is 5.75 Å². The van der Waals surface area contributed by atoms with E-state index < -0.39 is 16.9 Å². The van der Waals surface area contributed by atoms with Gasteiger partial charge in [-0.1, -0.05) is 18.9 Å². The van der Waals surface area contributed by atoms with Crippen molar-refractivity contribution >= 4 is 29.1 Å². The molecule has 34 heavy (non-hydrogen) atoms. The number of nitro groups is 1. The summed E-state index contributed by atoms with van der Waals surface area (Å²) < 4.78 is 5.17. The fourth-order valence-corrected chi connectivity index (χ4v) is 4.70. The molecule has 0 bridgehead atoms. The van der Waals surface area contributed by atoms with Gasteiger partial charge in [-0.2, -0.15) is 0 Å². The van der Waals surface area contributed by atoms with Gasteiger partial charge in [0.05, 0.1) is 24.5 Å². The maximum atomic E-state index is 13.6. The number of rotatable bonds is 6. The summed E-state index contributed by atoms with van der Waals surface area (Å²) >= 11 is 0. The molecule has 0 radical (unpaired) electrons. The molecule has 3 amide bonds. The van der Waals surface area contributed by atoms with Gasteiger partial charge in [-0.3, -0.25) is 24.5 Å². The number of benzene rings is 2. The highest BCUT2D eigenvalue weighted by atomic mass is 16.6. The second kappa shape index (κ2) is 9.90. The van der Waals surface area contributed by atoms with Crippen LogP contribution in [0.2, 0.25) is 0 Å². The molecular formula is C24H26N4O6. The molecule has 2 aromatic carbocycles. The van der Waals surface area contributed by atoms with E-state index in [0.29, 0.717) is 11.3 Å². The lowest BCUT2D eigenvalue weighted by Crippen LogP contribution is -2.68. The van der Waals surface area contributed by atoms with Gasteiger partial charge in [-0.05, 0) is 43.2 Å². The number of anilines is 1. The Balaban J connectivity index is 1.58. The smallest absolute Gasteiger partial charge is 0.271 e. The summed E-state index contributed by atoms with van der Waals surface area (Å²) in [5.41, 5.74) is 0.498. The van der Waals surface area contributed by atoms with Crippen molar-refractivity contribution in [2.24, 2.45) is 0 Å². The zero-order valence-corrected chi connectivity index (χ0v) is 18.7. The molecule has 4 rings (SSSR count). The second-order valence-corrected chi connectivity index (χ2v) is 8.48. The van der Waals surface area contributed by atoms with Crippen LogP contribution in [0, 0.1) is 10.1 Å². The first kappa shape index (κ1) is 23.2. The first-order chi connectivity index (χ1) is 16.4. The minimum absolute atomic E-state index is 0.153. The van der Waals surface area contributed by atoms with Gasteiger partial charge in [0.2, 0.25) is 11.8 Å². The van der Waals surface area contributed by atoms with Gasteiger partial charge < -0.3 is 20.3 Å². The van der Waals surface area contributed by atoms with Gasteiger partial charge in [0, 0.05) is 29.4 Å². The fourth-order valence-electron chi connectivity index (χ4n) is 4.70. The molecule has 2 fully saturated rings. The van der Waals surface area contributed by atoms with E-state index in [0.717, 1.165) is 25.7 Å². The topological polar surface area (TPSA) is 131 Å². The van der Waals surface area contributed by atoms with Crippen molar-refractivity contribution in [3.63, 3.8) is 0 Å². The van der Waals surface area contributed by atoms with Crippen LogP contribution >= 0.6 is 0 Å². The van der Waals surface area contributed by atoms with Crippen molar-refractivity contribution in [1.82, 2.24) is 10.2 Å². The summed E-state index contributed by atoms with van der Waals surface area (Å²) in [6.07, 6.45) is 3.13. The summed E-state index contributed by atoms with van der Waals surface area (Å²) in [6, 6.07) is 10.9. The van der Waals surface area contributed by atoms with Crippen LogP contribution in [0.3, 0.4) is 0 Å². The number of amides is 3. The molecular weight excluding hydrogens is 440 g/mol. The van der Waals surface area contributed by atoms with Gasteiger partial charge in [0.15, 0.2) is 0 Å². The Labute approximate surface area is 196 Å². The van der Waals surface area contributed by atoms with Crippen LogP contribution in [0.4, 0.5) is 11.4 Å². The Bertz CT molecular complexity index is 1100. The molecule has 1 saturated carbocycles. The molecule has 3 atom stereocenters. The lowest BCUT2D eigenvalue weighted by molar-refractivity contribution is -0.384. The number of ether oxygens (including phenoxy) is 1. The van der Waals surface area contributed by atoms with Crippen LogP contribution in [-0.4, -0.2) is 52.8 Å². The van der Waals surface area contributed by atoms with E-state index in [4.69, 9.17) is 4.74 Å². The third kappa shape index (κ3) is 4.85. The number of nitro benzene ring substituents is 1. The van der Waals surface area contributed by atoms with Crippen LogP contribution in [0.1, 0.15) is 42.5 Å². The molecule has 2 aromatic rings. The Morgan fingerprint density at radius 2 is 1.91 bits per heavy atom. The summed E-state index contributed by atoms with van der Waals surface area (Å²) in [5, 5.41) is 16.6. The summed E-state index contributed by atoms with van der Waals surface area (Å²) in [4.78, 5) is 51.5. The number of non-ortho nitro benzene ring substituents is 1. The number of methoxy groups -OCH3 is 1. The number of hydrogen-bond acceptors (Lipinski definition) is 6. The molecule has 10 nitrogen and oxygen atoms in total. The molecule has 0 spiro atoms. The first-order valence-corrected chi connectivity index (χ1v) is 11.2. The van der Waals surface area contributed by atoms with E-state index in [-0.39, 0.29) is 41.7 Å². The standard InChI is InChI=1S/C24H26N4O6/c1-34-18-11-9-15(10-12-18)24(31)27-20-8-3-2-7-19(20)26-23(30)21(27)14-22(29)25-16-5-4-6-17(13-16)28(32)33/h4-6,9-13,19-21H,2-3,7-8,14H2,1H3,(H,25,29)(H,26,30)/t19-,20+,21-/m1/s1. The Morgan fingerprint density at radius 1 is 1.18 bits per heavy atom. The number of piperazine rings is 1. The van der Waals surface area contributed by atoms with Gasteiger partial charge in [0.25, 0.3) is 11.6 Å². The summed E-state index contributed by atoms with van der Waals surface area (Å²) in [6.45, 7) is 0. The highest BCUT2D eigenvalue weighted by Crippen LogP contribution is 2.31. The summed E-state index contributed by atoms with van der Waals surface area (Å²) in [5.74, 6) is -0.597. The van der Waals surface area contributed by atoms with Crippen LogP contribution in [0.15, 0.2) is 48.5 Å². The van der Waals surface area contributed by atoms with Gasteiger partial charge in [0.1, 0.15) is 11.8 Å². The van der Waals surface area contributed by atoms with Crippen molar-refractivity contribution in [3.05, 3.63) is 64.2 Å². The molecule has 0 aromatic heterocycles. The molecule has 178 valence electrons. The van der Waals surface area contributed by atoms with E-state index in [9.17, 15) is 24.5 Å². The Hall–Kier alpha value is -3.95. The highest BCUT2D eigenvalue weighted by molar-refractivity contribution is 6.01. The largest absolute Gasteiger partial charge is 0.497 e. The molecule has 0 unspecified atom stereocenters. The second-order valence-electron chi connectivity index (χ2n) is 8.48. The number of carbonyl (C=O) groups is 3. The minimum Gasteiger partial charge on any atom is -0.497 e. The Kier molecular flexibility index (Phi) is 6.76. The zero-order valence-electron chi connectivity index (χ0n) is 18.7. The Morgan fingerprint density at radius 3 is 2.62 bits per heavy atom. The van der Waals surface area contributed by atoms with E-state index in [2.05, 4.69) is 10.6 Å². The van der Waals surface area contributed by atoms with E-state index in [1.165, 1.54) is 31.4 Å². The minimum atomic E-state index is -0.993. The fraction of sp³-hybridized carbons (Fsp3) is 0.375. The number of carbonyl (C=O) groups excluding carboxylic acids is 3. The molecule has 2 N–H and O–H groups in total. The van der Waals surface area contributed by atoms with Crippen LogP contribution in [-0.2, 0) is 9.59 Å². The third-order valence-corrected chi connectivity index (χ3v) is 6.34. The van der Waals surface area contributed by atoms with Crippen molar-refractivity contribution in [2.75, 3.05) is 12.4 Å². The van der Waals surface area contributed by atoms with Gasteiger partial charge in [-0.25, -0.2) is 0 Å². The molecule has 2 aliphatic rings. The molecule has 1 aliphatic carbocycles. The van der Waals surface area contributed by atoms with Gasteiger partial charge >= 0.3 is 0 Å². The van der Waals surface area contributed by atoms with Gasteiger partial charge in [-0.15, -0.1) is 0 Å². The monoisotopic (exact) mass is 466 g/mol. The predicted octanol–water partition coefficient (Wildman–Crippen LogP) is 2.88. The number of nitrogens with one attached hydrogen (secondary N) is 2. The maximum absolute atomic E-state index is 13.6. The van der Waals surface area contributed by atoms with Crippen molar-refractivity contribution in [3.8, 4) is 5.75 Å². The number of hydrogen-bond donors (Lipinski definition) is 2. The van der Waals surface area contributed by atoms with Crippen molar-refractivity contribution in [2.45, 2.75) is 50.2 Å².